The zero-order valence-corrected chi connectivity index (χ0v) is 15.4. The molecule has 0 radical (unpaired) electrons. The van der Waals surface area contributed by atoms with E-state index < -0.39 is 0 Å². The van der Waals surface area contributed by atoms with Crippen molar-refractivity contribution in [2.75, 3.05) is 5.32 Å². The Morgan fingerprint density at radius 3 is 2.56 bits per heavy atom. The highest BCUT2D eigenvalue weighted by atomic mass is 16.2. The fraction of sp³-hybridized carbons (Fsp3) is 0.238. The van der Waals surface area contributed by atoms with Gasteiger partial charge in [-0.25, -0.2) is 4.68 Å². The van der Waals surface area contributed by atoms with Gasteiger partial charge in [-0.2, -0.15) is 0 Å². The Hall–Kier alpha value is -3.28. The molecule has 27 heavy (non-hydrogen) atoms. The van der Waals surface area contributed by atoms with Crippen molar-refractivity contribution in [2.45, 2.75) is 32.6 Å². The van der Waals surface area contributed by atoms with Gasteiger partial charge < -0.3 is 5.32 Å². The number of hydrogen-bond donors (Lipinski definition) is 1. The van der Waals surface area contributed by atoms with Crippen molar-refractivity contribution in [3.63, 3.8) is 0 Å². The minimum absolute atomic E-state index is 0.0382. The molecule has 0 bridgehead atoms. The van der Waals surface area contributed by atoms with Gasteiger partial charge in [-0.15, -0.1) is 5.10 Å². The van der Waals surface area contributed by atoms with Gasteiger partial charge in [0.15, 0.2) is 5.78 Å². The van der Waals surface area contributed by atoms with Gasteiger partial charge in [0.25, 0.3) is 0 Å². The van der Waals surface area contributed by atoms with Crippen molar-refractivity contribution in [3.8, 4) is 5.69 Å². The Morgan fingerprint density at radius 1 is 1.04 bits per heavy atom. The Balaban J connectivity index is 1.63. The number of carbonyl (C=O) groups excluding carboxylic acids is 2. The van der Waals surface area contributed by atoms with E-state index in [-0.39, 0.29) is 30.4 Å². The van der Waals surface area contributed by atoms with Crippen LogP contribution >= 0.6 is 0 Å². The third-order valence-corrected chi connectivity index (χ3v) is 4.22. The van der Waals surface area contributed by atoms with Gasteiger partial charge in [0.05, 0.1) is 17.6 Å². The van der Waals surface area contributed by atoms with Gasteiger partial charge in [-0.05, 0) is 24.1 Å². The second-order valence-corrected chi connectivity index (χ2v) is 6.61. The zero-order valence-electron chi connectivity index (χ0n) is 15.4. The molecule has 1 N–H and O–H groups in total. The molecule has 0 saturated carbocycles. The zero-order chi connectivity index (χ0) is 19.2. The minimum atomic E-state index is -0.195. The monoisotopic (exact) mass is 362 g/mol. The molecule has 3 rings (SSSR count). The number of amides is 1. The van der Waals surface area contributed by atoms with Crippen LogP contribution in [0.3, 0.4) is 0 Å². The minimum Gasteiger partial charge on any atom is -0.326 e. The number of carbonyl (C=O) groups is 2. The van der Waals surface area contributed by atoms with E-state index in [0.717, 1.165) is 11.4 Å². The van der Waals surface area contributed by atoms with Crippen LogP contribution in [0.2, 0.25) is 0 Å². The van der Waals surface area contributed by atoms with Crippen molar-refractivity contribution >= 4 is 17.4 Å². The molecule has 6 heteroatoms. The summed E-state index contributed by atoms with van der Waals surface area (Å²) in [5.74, 6) is 0.0463. The van der Waals surface area contributed by atoms with Gasteiger partial charge in [-0.3, -0.25) is 9.59 Å². The summed E-state index contributed by atoms with van der Waals surface area (Å²) in [7, 11) is 0. The van der Waals surface area contributed by atoms with Crippen LogP contribution in [0, 0.1) is 0 Å². The predicted molar refractivity (Wildman–Crippen MR) is 104 cm³/mol. The van der Waals surface area contributed by atoms with E-state index in [1.807, 2.05) is 42.5 Å². The fourth-order valence-electron chi connectivity index (χ4n) is 2.77. The van der Waals surface area contributed by atoms with Gasteiger partial charge >= 0.3 is 0 Å². The lowest BCUT2D eigenvalue weighted by Crippen LogP contribution is -2.14. The molecule has 0 atom stereocenters. The van der Waals surface area contributed by atoms with Crippen LogP contribution in [-0.4, -0.2) is 26.7 Å². The summed E-state index contributed by atoms with van der Waals surface area (Å²) >= 11 is 0. The van der Waals surface area contributed by atoms with Crippen LogP contribution in [0.15, 0.2) is 60.8 Å². The van der Waals surface area contributed by atoms with E-state index in [9.17, 15) is 9.59 Å². The molecule has 0 fully saturated rings. The van der Waals surface area contributed by atoms with Crippen molar-refractivity contribution in [2.24, 2.45) is 0 Å². The Morgan fingerprint density at radius 2 is 1.81 bits per heavy atom. The van der Waals surface area contributed by atoms with E-state index in [4.69, 9.17) is 0 Å². The largest absolute Gasteiger partial charge is 0.326 e. The summed E-state index contributed by atoms with van der Waals surface area (Å²) in [6, 6.07) is 16.4. The highest BCUT2D eigenvalue weighted by molar-refractivity contribution is 6.00. The summed E-state index contributed by atoms with van der Waals surface area (Å²) in [4.78, 5) is 24.3. The topological polar surface area (TPSA) is 76.9 Å². The van der Waals surface area contributed by atoms with Gasteiger partial charge in [0.1, 0.15) is 0 Å². The van der Waals surface area contributed by atoms with Crippen molar-refractivity contribution in [1.29, 1.82) is 0 Å². The second-order valence-electron chi connectivity index (χ2n) is 6.61. The first-order valence-electron chi connectivity index (χ1n) is 8.93. The van der Waals surface area contributed by atoms with Crippen molar-refractivity contribution in [1.82, 2.24) is 15.0 Å². The second kappa shape index (κ2) is 8.40. The van der Waals surface area contributed by atoms with E-state index in [1.54, 1.807) is 23.0 Å². The maximum absolute atomic E-state index is 12.2. The maximum atomic E-state index is 12.2. The number of hydrogen-bond acceptors (Lipinski definition) is 4. The summed E-state index contributed by atoms with van der Waals surface area (Å²) < 4.78 is 1.76. The molecular weight excluding hydrogens is 340 g/mol. The molecule has 2 aromatic carbocycles. The summed E-state index contributed by atoms with van der Waals surface area (Å²) in [6.45, 7) is 4.15. The molecule has 0 aliphatic carbocycles. The van der Waals surface area contributed by atoms with Crippen LogP contribution in [0.1, 0.15) is 48.7 Å². The number of benzene rings is 2. The highest BCUT2D eigenvalue weighted by Gasteiger charge is 2.12. The number of ketones is 1. The summed E-state index contributed by atoms with van der Waals surface area (Å²) in [6.07, 6.45) is 2.06. The first kappa shape index (κ1) is 18.5. The molecule has 3 aromatic rings. The molecule has 1 amide bonds. The Kier molecular flexibility index (Phi) is 5.76. The quantitative estimate of drug-likeness (QED) is 0.645. The number of rotatable bonds is 7. The van der Waals surface area contributed by atoms with Crippen LogP contribution in [0.25, 0.3) is 5.69 Å². The number of anilines is 1. The van der Waals surface area contributed by atoms with E-state index >= 15 is 0 Å². The summed E-state index contributed by atoms with van der Waals surface area (Å²) in [5.41, 5.74) is 3.11. The third kappa shape index (κ3) is 4.67. The van der Waals surface area contributed by atoms with Crippen LogP contribution in [0.5, 0.6) is 0 Å². The van der Waals surface area contributed by atoms with Gasteiger partial charge in [0.2, 0.25) is 5.91 Å². The Labute approximate surface area is 158 Å². The smallest absolute Gasteiger partial charge is 0.224 e. The SMILES string of the molecule is CC(C)c1cnnn1-c1cccc(NC(=O)CCC(=O)c2ccccc2)c1. The van der Waals surface area contributed by atoms with E-state index in [1.165, 1.54) is 0 Å². The molecule has 0 saturated heterocycles. The van der Waals surface area contributed by atoms with Crippen molar-refractivity contribution < 1.29 is 9.59 Å². The lowest BCUT2D eigenvalue weighted by molar-refractivity contribution is -0.116. The van der Waals surface area contributed by atoms with E-state index in [2.05, 4.69) is 29.5 Å². The fourth-order valence-corrected chi connectivity index (χ4v) is 2.77. The molecule has 0 aliphatic rings. The predicted octanol–water partition coefficient (Wildman–Crippen LogP) is 3.99. The number of aromatic nitrogens is 3. The molecule has 0 aliphatic heterocycles. The molecule has 0 unspecified atom stereocenters. The molecule has 6 nitrogen and oxygen atoms in total. The number of nitrogens with zero attached hydrogens (tertiary/aromatic N) is 3. The first-order valence-corrected chi connectivity index (χ1v) is 8.93. The lowest BCUT2D eigenvalue weighted by Gasteiger charge is -2.11. The molecule has 1 aromatic heterocycles. The van der Waals surface area contributed by atoms with Gasteiger partial charge in [0, 0.05) is 24.1 Å². The average molecular weight is 362 g/mol. The standard InChI is InChI=1S/C21H22N4O2/c1-15(2)19-14-22-24-25(19)18-10-6-9-17(13-18)23-21(27)12-11-20(26)16-7-4-3-5-8-16/h3-10,13-15H,11-12H2,1-2H3,(H,23,27). The van der Waals surface area contributed by atoms with Crippen molar-refractivity contribution in [3.05, 3.63) is 72.1 Å². The van der Waals surface area contributed by atoms with Crippen LogP contribution in [0.4, 0.5) is 5.69 Å². The first-order chi connectivity index (χ1) is 13.0. The van der Waals surface area contributed by atoms with E-state index in [0.29, 0.717) is 11.3 Å². The highest BCUT2D eigenvalue weighted by Crippen LogP contribution is 2.20. The molecular formula is C21H22N4O2. The van der Waals surface area contributed by atoms with Crippen LogP contribution < -0.4 is 5.32 Å². The molecule has 0 spiro atoms. The molecule has 1 heterocycles. The third-order valence-electron chi connectivity index (χ3n) is 4.22. The lowest BCUT2D eigenvalue weighted by atomic mass is 10.1. The van der Waals surface area contributed by atoms with Crippen LogP contribution in [-0.2, 0) is 4.79 Å². The van der Waals surface area contributed by atoms with Gasteiger partial charge in [-0.1, -0.05) is 55.5 Å². The normalized spacial score (nSPS) is 10.8. The number of nitrogens with one attached hydrogen (secondary N) is 1. The summed E-state index contributed by atoms with van der Waals surface area (Å²) in [5, 5.41) is 11.0. The average Bonchev–Trinajstić information content (AvgIpc) is 3.17. The maximum Gasteiger partial charge on any atom is 0.224 e. The molecule has 138 valence electrons. The Bertz CT molecular complexity index is 932. The number of Topliss-reactive ketones (excluding diaryl/α,β-unsaturated/α-hetero) is 1.